The van der Waals surface area contributed by atoms with E-state index in [1.54, 1.807) is 25.4 Å². The molecule has 1 atom stereocenters. The van der Waals surface area contributed by atoms with E-state index in [4.69, 9.17) is 9.15 Å². The molecule has 1 saturated heterocycles. The Morgan fingerprint density at radius 2 is 2.02 bits per heavy atom. The number of anilines is 1. The SMILES string of the molecule is CC(=O)N1CCC(Nc2ccnc(C(=O)CC[C@H](O)CN3CCc4cc(OCc5cnco5)ccc4C3)c2)CC1. The summed E-state index contributed by atoms with van der Waals surface area (Å²) in [6.45, 7) is 5.53. The fourth-order valence-electron chi connectivity index (χ4n) is 5.36. The van der Waals surface area contributed by atoms with Gasteiger partial charge in [0.1, 0.15) is 18.1 Å². The van der Waals surface area contributed by atoms with Crippen LogP contribution in [0.2, 0.25) is 0 Å². The van der Waals surface area contributed by atoms with Gasteiger partial charge in [-0.2, -0.15) is 0 Å². The van der Waals surface area contributed by atoms with Gasteiger partial charge in [-0.05, 0) is 61.1 Å². The van der Waals surface area contributed by atoms with Crippen LogP contribution in [-0.4, -0.2) is 74.9 Å². The normalized spacial score (nSPS) is 16.8. The monoisotopic (exact) mass is 547 g/mol. The molecule has 1 aromatic carbocycles. The van der Waals surface area contributed by atoms with Crippen LogP contribution in [0.15, 0.2) is 53.5 Å². The molecular weight excluding hydrogens is 510 g/mol. The van der Waals surface area contributed by atoms with Crippen LogP contribution in [0.1, 0.15) is 60.0 Å². The number of carbonyl (C=O) groups is 2. The molecule has 0 saturated carbocycles. The molecule has 0 aliphatic carbocycles. The number of amides is 1. The molecule has 2 aliphatic heterocycles. The first kappa shape index (κ1) is 27.8. The molecule has 212 valence electrons. The molecule has 4 heterocycles. The van der Waals surface area contributed by atoms with Crippen LogP contribution in [0.4, 0.5) is 5.69 Å². The highest BCUT2D eigenvalue weighted by atomic mass is 16.5. The minimum atomic E-state index is -0.595. The number of carbonyl (C=O) groups excluding carboxylic acids is 2. The Balaban J connectivity index is 1.05. The zero-order valence-corrected chi connectivity index (χ0v) is 22.9. The minimum Gasteiger partial charge on any atom is -0.486 e. The Labute approximate surface area is 234 Å². The summed E-state index contributed by atoms with van der Waals surface area (Å²) < 4.78 is 11.0. The molecule has 10 nitrogen and oxygen atoms in total. The zero-order valence-electron chi connectivity index (χ0n) is 22.9. The van der Waals surface area contributed by atoms with Crippen molar-refractivity contribution >= 4 is 17.4 Å². The van der Waals surface area contributed by atoms with Crippen LogP contribution in [0.25, 0.3) is 0 Å². The van der Waals surface area contributed by atoms with Gasteiger partial charge in [0, 0.05) is 64.0 Å². The Morgan fingerprint density at radius 1 is 1.18 bits per heavy atom. The average molecular weight is 548 g/mol. The summed E-state index contributed by atoms with van der Waals surface area (Å²) >= 11 is 0. The summed E-state index contributed by atoms with van der Waals surface area (Å²) in [6, 6.07) is 10.0. The van der Waals surface area contributed by atoms with E-state index in [-0.39, 0.29) is 24.2 Å². The second-order valence-corrected chi connectivity index (χ2v) is 10.6. The van der Waals surface area contributed by atoms with Crippen LogP contribution in [-0.2, 0) is 24.4 Å². The number of Topliss-reactive ketones (excluding diaryl/α,β-unsaturated/α-hetero) is 1. The number of ketones is 1. The maximum absolute atomic E-state index is 12.8. The molecule has 0 radical (unpaired) electrons. The van der Waals surface area contributed by atoms with Gasteiger partial charge in [-0.1, -0.05) is 6.07 Å². The lowest BCUT2D eigenvalue weighted by molar-refractivity contribution is -0.129. The fourth-order valence-corrected chi connectivity index (χ4v) is 5.36. The molecule has 2 N–H and O–H groups in total. The maximum Gasteiger partial charge on any atom is 0.219 e. The highest BCUT2D eigenvalue weighted by molar-refractivity contribution is 5.95. The van der Waals surface area contributed by atoms with E-state index < -0.39 is 6.10 Å². The number of piperidine rings is 1. The van der Waals surface area contributed by atoms with E-state index in [9.17, 15) is 14.7 Å². The highest BCUT2D eigenvalue weighted by Crippen LogP contribution is 2.25. The third-order valence-corrected chi connectivity index (χ3v) is 7.66. The molecule has 2 aliphatic rings. The first-order chi connectivity index (χ1) is 19.4. The van der Waals surface area contributed by atoms with E-state index in [0.717, 1.165) is 56.9 Å². The van der Waals surface area contributed by atoms with Crippen LogP contribution >= 0.6 is 0 Å². The highest BCUT2D eigenvalue weighted by Gasteiger charge is 2.22. The molecule has 2 aromatic heterocycles. The van der Waals surface area contributed by atoms with Gasteiger partial charge in [0.15, 0.2) is 17.9 Å². The Bertz CT molecular complexity index is 1290. The number of hydrogen-bond donors (Lipinski definition) is 2. The number of ether oxygens (including phenoxy) is 1. The number of hydrogen-bond acceptors (Lipinski definition) is 9. The number of aliphatic hydroxyl groups is 1. The molecule has 0 bridgehead atoms. The number of benzene rings is 1. The predicted molar refractivity (Wildman–Crippen MR) is 149 cm³/mol. The van der Waals surface area contributed by atoms with Crippen LogP contribution in [0.3, 0.4) is 0 Å². The van der Waals surface area contributed by atoms with Crippen molar-refractivity contribution in [2.75, 3.05) is 31.5 Å². The van der Waals surface area contributed by atoms with Crippen molar-refractivity contribution in [3.05, 3.63) is 71.7 Å². The largest absolute Gasteiger partial charge is 0.486 e. The molecule has 10 heteroatoms. The van der Waals surface area contributed by atoms with Crippen molar-refractivity contribution in [1.29, 1.82) is 0 Å². The predicted octanol–water partition coefficient (Wildman–Crippen LogP) is 3.45. The number of fused-ring (bicyclic) bond motifs is 1. The van der Waals surface area contributed by atoms with Gasteiger partial charge in [-0.15, -0.1) is 0 Å². The summed E-state index contributed by atoms with van der Waals surface area (Å²) in [4.78, 5) is 36.7. The van der Waals surface area contributed by atoms with E-state index in [1.165, 1.54) is 17.5 Å². The third kappa shape index (κ3) is 7.45. The standard InChI is InChI=1S/C30H37N5O5/c1-21(36)35-12-8-24(9-13-35)33-25-6-10-32-29(15-25)30(38)5-3-26(37)18-34-11-7-22-14-27(4-2-23(22)17-34)39-19-28-16-31-20-40-28/h2,4,6,10,14-16,20,24,26,37H,3,5,7-9,11-13,17-19H2,1H3,(H,32,33)/t26-/m0/s1. The number of pyridine rings is 1. The van der Waals surface area contributed by atoms with Crippen molar-refractivity contribution < 1.29 is 23.8 Å². The summed E-state index contributed by atoms with van der Waals surface area (Å²) in [5.41, 5.74) is 3.74. The molecule has 1 amide bonds. The van der Waals surface area contributed by atoms with Gasteiger partial charge in [0.05, 0.1) is 12.3 Å². The number of nitrogens with zero attached hydrogens (tertiary/aromatic N) is 4. The molecule has 0 spiro atoms. The van der Waals surface area contributed by atoms with Gasteiger partial charge < -0.3 is 24.5 Å². The molecule has 0 unspecified atom stereocenters. The number of oxazole rings is 1. The van der Waals surface area contributed by atoms with E-state index in [1.807, 2.05) is 17.0 Å². The Kier molecular flexibility index (Phi) is 9.08. The van der Waals surface area contributed by atoms with E-state index >= 15 is 0 Å². The lowest BCUT2D eigenvalue weighted by Crippen LogP contribution is -2.41. The quantitative estimate of drug-likeness (QED) is 0.348. The Hall–Kier alpha value is -3.76. The number of aromatic nitrogens is 2. The van der Waals surface area contributed by atoms with Gasteiger partial charge in [0.25, 0.3) is 0 Å². The smallest absolute Gasteiger partial charge is 0.219 e. The Morgan fingerprint density at radius 3 is 2.80 bits per heavy atom. The van der Waals surface area contributed by atoms with Crippen LogP contribution < -0.4 is 10.1 Å². The van der Waals surface area contributed by atoms with Gasteiger partial charge in [0.2, 0.25) is 5.91 Å². The van der Waals surface area contributed by atoms with Crippen molar-refractivity contribution in [2.24, 2.45) is 0 Å². The summed E-state index contributed by atoms with van der Waals surface area (Å²) in [7, 11) is 0. The van der Waals surface area contributed by atoms with Crippen molar-refractivity contribution in [3.63, 3.8) is 0 Å². The van der Waals surface area contributed by atoms with Crippen LogP contribution in [0.5, 0.6) is 5.75 Å². The lowest BCUT2D eigenvalue weighted by atomic mass is 9.98. The number of β-amino-alcohol motifs (C(OH)–C–C–N with tert-alkyl or cyclic N) is 1. The minimum absolute atomic E-state index is 0.0732. The second kappa shape index (κ2) is 13.1. The first-order valence-electron chi connectivity index (χ1n) is 14.0. The molecule has 1 fully saturated rings. The number of nitrogens with one attached hydrogen (secondary N) is 1. The first-order valence-corrected chi connectivity index (χ1v) is 14.0. The van der Waals surface area contributed by atoms with Gasteiger partial charge >= 0.3 is 0 Å². The van der Waals surface area contributed by atoms with Crippen LogP contribution in [0, 0.1) is 0 Å². The number of aliphatic hydroxyl groups excluding tert-OH is 1. The topological polar surface area (TPSA) is 121 Å². The fraction of sp³-hybridized carbons (Fsp3) is 0.467. The molecule has 3 aromatic rings. The maximum atomic E-state index is 12.8. The summed E-state index contributed by atoms with van der Waals surface area (Å²) in [5, 5.41) is 14.2. The van der Waals surface area contributed by atoms with Gasteiger partial charge in [-0.3, -0.25) is 19.5 Å². The number of likely N-dealkylation sites (tertiary alicyclic amines) is 1. The second-order valence-electron chi connectivity index (χ2n) is 10.6. The lowest BCUT2D eigenvalue weighted by Gasteiger charge is -2.32. The van der Waals surface area contributed by atoms with E-state index in [0.29, 0.717) is 31.0 Å². The van der Waals surface area contributed by atoms with Crippen molar-refractivity contribution in [3.8, 4) is 5.75 Å². The van der Waals surface area contributed by atoms with Gasteiger partial charge in [-0.25, -0.2) is 4.98 Å². The van der Waals surface area contributed by atoms with Crippen molar-refractivity contribution in [2.45, 2.75) is 64.3 Å². The van der Waals surface area contributed by atoms with E-state index in [2.05, 4.69) is 32.3 Å². The summed E-state index contributed by atoms with van der Waals surface area (Å²) in [6.07, 6.45) is 7.33. The molecular formula is C30H37N5O5. The van der Waals surface area contributed by atoms with Crippen molar-refractivity contribution in [1.82, 2.24) is 19.8 Å². The zero-order chi connectivity index (χ0) is 27.9. The number of rotatable bonds is 11. The average Bonchev–Trinajstić information content (AvgIpc) is 3.49. The summed E-state index contributed by atoms with van der Waals surface area (Å²) in [5.74, 6) is 1.52. The molecule has 5 rings (SSSR count). The molecule has 40 heavy (non-hydrogen) atoms. The third-order valence-electron chi connectivity index (χ3n) is 7.66.